The molecule has 0 unspecified atom stereocenters. The highest BCUT2D eigenvalue weighted by Crippen LogP contribution is 2.77. The molecule has 1 aromatic rings. The van der Waals surface area contributed by atoms with E-state index in [1.165, 1.54) is 5.57 Å². The fourth-order valence-electron chi connectivity index (χ4n) is 15.0. The fraction of sp³-hybridized carbons (Fsp3) is 0.796. The van der Waals surface area contributed by atoms with Crippen molar-refractivity contribution >= 4 is 29.5 Å². The smallest absolute Gasteiger partial charge is 0.309 e. The fourth-order valence-corrected chi connectivity index (χ4v) is 15.0. The van der Waals surface area contributed by atoms with Crippen molar-refractivity contribution in [1.82, 2.24) is 15.8 Å². The van der Waals surface area contributed by atoms with Gasteiger partial charge in [-0.2, -0.15) is 0 Å². The molecule has 7 rings (SSSR count). The van der Waals surface area contributed by atoms with Crippen molar-refractivity contribution in [3.63, 3.8) is 0 Å². The largest absolute Gasteiger partial charge is 0.481 e. The third kappa shape index (κ3) is 6.62. The molecular weight excluding hydrogens is 759 g/mol. The molecule has 60 heavy (non-hydrogen) atoms. The summed E-state index contributed by atoms with van der Waals surface area (Å²) >= 11 is 0. The van der Waals surface area contributed by atoms with Crippen molar-refractivity contribution in [2.45, 2.75) is 172 Å². The number of nitrogens with one attached hydrogen (secondary N) is 2. The lowest BCUT2D eigenvalue weighted by Gasteiger charge is -2.72. The van der Waals surface area contributed by atoms with E-state index in [-0.39, 0.29) is 76.1 Å². The summed E-state index contributed by atoms with van der Waals surface area (Å²) < 4.78 is 11.6. The molecule has 3 N–H and O–H groups in total. The van der Waals surface area contributed by atoms with Crippen molar-refractivity contribution in [2.24, 2.45) is 68.0 Å². The number of Topliss-reactive ketones (excluding diaryl/α,β-unsaturated/α-hetero) is 1. The van der Waals surface area contributed by atoms with Gasteiger partial charge < -0.3 is 25.0 Å². The number of carboxylic acids is 1. The van der Waals surface area contributed by atoms with Crippen molar-refractivity contribution in [1.29, 1.82) is 0 Å². The Morgan fingerprint density at radius 2 is 1.57 bits per heavy atom. The summed E-state index contributed by atoms with van der Waals surface area (Å²) in [4.78, 5) is 66.9. The Kier molecular flexibility index (Phi) is 10.8. The molecule has 0 spiro atoms. The maximum atomic E-state index is 14.2. The van der Waals surface area contributed by atoms with E-state index in [0.717, 1.165) is 56.9 Å². The third-order valence-corrected chi connectivity index (χ3v) is 18.6. The van der Waals surface area contributed by atoms with Gasteiger partial charge in [-0.05, 0) is 136 Å². The number of aromatic nitrogens is 1. The number of aryl methyl sites for hydroxylation is 2. The molecule has 0 aliphatic heterocycles. The Morgan fingerprint density at radius 1 is 0.883 bits per heavy atom. The van der Waals surface area contributed by atoms with Crippen molar-refractivity contribution < 1.29 is 38.3 Å². The molecule has 332 valence electrons. The normalized spacial score (nSPS) is 37.9. The molecule has 1 aromatic heterocycles. The van der Waals surface area contributed by atoms with Crippen LogP contribution in [-0.4, -0.2) is 58.0 Å². The Labute approximate surface area is 357 Å². The number of carboxylic acid groups (broad SMARTS) is 1. The van der Waals surface area contributed by atoms with Crippen LogP contribution in [0.4, 0.5) is 0 Å². The van der Waals surface area contributed by atoms with Gasteiger partial charge in [0.1, 0.15) is 17.4 Å². The molecule has 6 aliphatic rings. The summed E-state index contributed by atoms with van der Waals surface area (Å²) in [6, 6.07) is 0. The van der Waals surface area contributed by atoms with Crippen LogP contribution in [0.5, 0.6) is 0 Å². The number of fused-ring (bicyclic) bond motifs is 7. The number of amides is 2. The molecule has 6 aliphatic carbocycles. The summed E-state index contributed by atoms with van der Waals surface area (Å²) in [6.07, 6.45) is 8.43. The number of esters is 1. The predicted molar refractivity (Wildman–Crippen MR) is 227 cm³/mol. The molecular formula is C49H73N3O8. The molecule has 0 radical (unpaired) electrons. The highest BCUT2D eigenvalue weighted by molar-refractivity contribution is 6.01. The van der Waals surface area contributed by atoms with E-state index in [0.29, 0.717) is 41.7 Å². The van der Waals surface area contributed by atoms with Crippen LogP contribution in [0.2, 0.25) is 0 Å². The van der Waals surface area contributed by atoms with Crippen molar-refractivity contribution in [3.05, 3.63) is 28.2 Å². The lowest BCUT2D eigenvalue weighted by atomic mass is 9.33. The van der Waals surface area contributed by atoms with Crippen molar-refractivity contribution in [2.75, 3.05) is 6.54 Å². The molecule has 0 aromatic carbocycles. The first-order valence-corrected chi connectivity index (χ1v) is 22.9. The van der Waals surface area contributed by atoms with Crippen LogP contribution < -0.4 is 10.6 Å². The lowest BCUT2D eigenvalue weighted by molar-refractivity contribution is -0.236. The predicted octanol–water partition coefficient (Wildman–Crippen LogP) is 8.95. The lowest BCUT2D eigenvalue weighted by Crippen LogP contribution is -2.66. The average molecular weight is 832 g/mol. The van der Waals surface area contributed by atoms with Gasteiger partial charge >= 0.3 is 11.9 Å². The number of nitrogens with zero attached hydrogens (tertiary/aromatic N) is 1. The molecule has 5 saturated carbocycles. The van der Waals surface area contributed by atoms with Gasteiger partial charge in [0, 0.05) is 30.2 Å². The van der Waals surface area contributed by atoms with Gasteiger partial charge in [0.2, 0.25) is 5.91 Å². The molecule has 11 heteroatoms. The molecule has 1 heterocycles. The second-order valence-corrected chi connectivity index (χ2v) is 23.3. The van der Waals surface area contributed by atoms with Crippen LogP contribution in [0.1, 0.15) is 169 Å². The molecule has 0 bridgehead atoms. The average Bonchev–Trinajstić information content (AvgIpc) is 3.62. The molecule has 0 saturated heterocycles. The van der Waals surface area contributed by atoms with Crippen molar-refractivity contribution in [3.8, 4) is 0 Å². The van der Waals surface area contributed by atoms with Crippen LogP contribution in [0.3, 0.4) is 0 Å². The second-order valence-electron chi connectivity index (χ2n) is 23.3. The highest BCUT2D eigenvalue weighted by Gasteiger charge is 2.70. The summed E-state index contributed by atoms with van der Waals surface area (Å²) in [5.41, 5.74) is 1.04. The van der Waals surface area contributed by atoms with Gasteiger partial charge in [-0.15, -0.1) is 0 Å². The van der Waals surface area contributed by atoms with E-state index in [2.05, 4.69) is 64.3 Å². The SMILES string of the molecule is Cc1noc(C)c1C(=O)NC(C)(C)CNC(=O)C[C@@]12CC[C@]3(C)[C@H](CC[C@@H]4[C@@]5(C)CC[C@H](OC(=O)[C@H]6C[C@@H](C(=O)O)C6(C)C)C(C)(C)[C@@H]5CC[C@]43C)C1=C(C(C)C)C(=O)C2. The van der Waals surface area contributed by atoms with Gasteiger partial charge in [0.25, 0.3) is 5.91 Å². The summed E-state index contributed by atoms with van der Waals surface area (Å²) in [6.45, 7) is 27.7. The molecule has 2 amide bonds. The number of rotatable bonds is 10. The summed E-state index contributed by atoms with van der Waals surface area (Å²) in [5, 5.41) is 19.8. The first-order chi connectivity index (χ1) is 27.7. The van der Waals surface area contributed by atoms with Crippen LogP contribution >= 0.6 is 0 Å². The minimum absolute atomic E-state index is 0.0150. The van der Waals surface area contributed by atoms with E-state index in [4.69, 9.17) is 9.26 Å². The van der Waals surface area contributed by atoms with Crippen LogP contribution in [0, 0.1) is 81.8 Å². The maximum absolute atomic E-state index is 14.2. The minimum atomic E-state index is -0.842. The monoisotopic (exact) mass is 832 g/mol. The van der Waals surface area contributed by atoms with Gasteiger partial charge in [-0.1, -0.05) is 73.0 Å². The Bertz CT molecular complexity index is 1990. The van der Waals surface area contributed by atoms with Crippen LogP contribution in [-0.2, 0) is 23.9 Å². The maximum Gasteiger partial charge on any atom is 0.309 e. The van der Waals surface area contributed by atoms with Gasteiger partial charge in [-0.3, -0.25) is 24.0 Å². The number of ether oxygens (including phenoxy) is 1. The first-order valence-electron chi connectivity index (χ1n) is 22.9. The van der Waals surface area contributed by atoms with Crippen LogP contribution in [0.25, 0.3) is 0 Å². The van der Waals surface area contributed by atoms with Gasteiger partial charge in [-0.25, -0.2) is 0 Å². The molecule has 5 fully saturated rings. The third-order valence-electron chi connectivity index (χ3n) is 18.6. The number of carbonyl (C=O) groups is 5. The zero-order valence-corrected chi connectivity index (χ0v) is 38.8. The quantitative estimate of drug-likeness (QED) is 0.195. The second kappa shape index (κ2) is 14.5. The molecule has 10 atom stereocenters. The number of carbonyl (C=O) groups excluding carboxylic acids is 4. The van der Waals surface area contributed by atoms with E-state index in [1.807, 2.05) is 27.7 Å². The topological polar surface area (TPSA) is 165 Å². The Hall–Kier alpha value is -3.50. The van der Waals surface area contributed by atoms with Crippen LogP contribution in [0.15, 0.2) is 15.7 Å². The zero-order chi connectivity index (χ0) is 44.3. The minimum Gasteiger partial charge on any atom is -0.481 e. The number of hydrogen-bond acceptors (Lipinski definition) is 8. The van der Waals surface area contributed by atoms with E-state index < -0.39 is 34.2 Å². The van der Waals surface area contributed by atoms with Gasteiger partial charge in [0.05, 0.1) is 23.1 Å². The summed E-state index contributed by atoms with van der Waals surface area (Å²) in [7, 11) is 0. The Morgan fingerprint density at radius 3 is 2.17 bits per heavy atom. The van der Waals surface area contributed by atoms with E-state index in [9.17, 15) is 29.1 Å². The standard InChI is InChI=1S/C49H73N3O8/c1-26(2)37-32(53)23-49(24-36(54)50-25-43(5,6)51-40(55)38-27(3)52-60-28(38)4)21-20-47(12)29(39(37)49)14-15-34-46(11)18-17-35(45(9,10)33(46)16-19-48(34,47)13)59-42(58)31-22-30(41(56)57)44(31,7)8/h26,29-31,33-35H,14-25H2,1-13H3,(H,50,54)(H,51,55)(H,56,57)/t29-,30+,31-,33+,34-,35+,46+,47-,48-,49+/m1/s1. The zero-order valence-electron chi connectivity index (χ0n) is 38.8. The number of aliphatic carboxylic acids is 1. The first kappa shape index (κ1) is 44.6. The van der Waals surface area contributed by atoms with Gasteiger partial charge in [0.15, 0.2) is 5.78 Å². The highest BCUT2D eigenvalue weighted by atomic mass is 16.5. The van der Waals surface area contributed by atoms with E-state index in [1.54, 1.807) is 13.8 Å². The number of allylic oxidation sites excluding steroid dienone is 2. The summed E-state index contributed by atoms with van der Waals surface area (Å²) in [5.74, 6) is -0.646. The molecule has 11 nitrogen and oxygen atoms in total. The number of ketones is 1. The number of hydrogen-bond donors (Lipinski definition) is 3. The van der Waals surface area contributed by atoms with E-state index >= 15 is 0 Å². The Balaban J connectivity index is 1.09.